The van der Waals surface area contributed by atoms with E-state index in [1.165, 1.54) is 88.8 Å². The van der Waals surface area contributed by atoms with Crippen LogP contribution in [-0.2, 0) is 4.74 Å². The molecule has 0 aliphatic carbocycles. The summed E-state index contributed by atoms with van der Waals surface area (Å²) in [4.78, 5) is 49.4. The van der Waals surface area contributed by atoms with Gasteiger partial charge in [-0.2, -0.15) is 0 Å². The summed E-state index contributed by atoms with van der Waals surface area (Å²) < 4.78 is 6.44. The first-order chi connectivity index (χ1) is 18.8. The number of benzene rings is 1. The van der Waals surface area contributed by atoms with Crippen molar-refractivity contribution in [1.29, 1.82) is 0 Å². The summed E-state index contributed by atoms with van der Waals surface area (Å²) in [5, 5.41) is 2.27. The van der Waals surface area contributed by atoms with Crippen LogP contribution in [0.5, 0.6) is 0 Å². The molecule has 0 atom stereocenters. The van der Waals surface area contributed by atoms with Gasteiger partial charge in [-0.3, -0.25) is 24.3 Å². The summed E-state index contributed by atoms with van der Waals surface area (Å²) in [6.07, 6.45) is 17.5. The van der Waals surface area contributed by atoms with E-state index in [4.69, 9.17) is 22.1 Å². The Bertz CT molecular complexity index is 1220. The first-order valence-corrected chi connectivity index (χ1v) is 14.6. The van der Waals surface area contributed by atoms with Crippen molar-refractivity contribution < 1.29 is 19.1 Å². The number of esters is 1. The van der Waals surface area contributed by atoms with E-state index in [-0.39, 0.29) is 33.2 Å². The number of imide groups is 1. The SMILES string of the molecule is CCCCCCCCCCCCCCCCOC(=O)c1ccc(Cl)c(-n2c(N)c3c(cc2=O)C(=O)NC3=O)c1. The molecule has 0 saturated heterocycles. The highest BCUT2D eigenvalue weighted by Gasteiger charge is 2.32. The Morgan fingerprint density at radius 3 is 2.00 bits per heavy atom. The molecule has 9 heteroatoms. The van der Waals surface area contributed by atoms with Crippen LogP contribution in [0.15, 0.2) is 29.1 Å². The van der Waals surface area contributed by atoms with Crippen molar-refractivity contribution in [2.75, 3.05) is 12.3 Å². The fourth-order valence-corrected chi connectivity index (χ4v) is 5.09. The molecule has 212 valence electrons. The number of fused-ring (bicyclic) bond motifs is 1. The van der Waals surface area contributed by atoms with Crippen molar-refractivity contribution >= 4 is 35.2 Å². The summed E-state index contributed by atoms with van der Waals surface area (Å²) in [7, 11) is 0. The molecule has 1 aliphatic rings. The van der Waals surface area contributed by atoms with Gasteiger partial charge >= 0.3 is 5.97 Å². The first kappa shape index (κ1) is 30.4. The monoisotopic (exact) mass is 557 g/mol. The predicted molar refractivity (Wildman–Crippen MR) is 154 cm³/mol. The molecule has 1 aromatic heterocycles. The lowest BCUT2D eigenvalue weighted by Gasteiger charge is -2.14. The Labute approximate surface area is 235 Å². The Balaban J connectivity index is 1.41. The molecule has 3 rings (SSSR count). The summed E-state index contributed by atoms with van der Waals surface area (Å²) >= 11 is 6.31. The van der Waals surface area contributed by atoms with Crippen LogP contribution in [0.25, 0.3) is 5.69 Å². The maximum absolute atomic E-state index is 12.7. The molecule has 1 aliphatic heterocycles. The molecule has 2 aromatic rings. The lowest BCUT2D eigenvalue weighted by molar-refractivity contribution is 0.0497. The number of unbranched alkanes of at least 4 members (excludes halogenated alkanes) is 13. The second-order valence-electron chi connectivity index (χ2n) is 10.2. The second-order valence-corrected chi connectivity index (χ2v) is 10.6. The van der Waals surface area contributed by atoms with Gasteiger partial charge in [0.2, 0.25) is 0 Å². The van der Waals surface area contributed by atoms with Crippen LogP contribution >= 0.6 is 11.6 Å². The number of carbonyl (C=O) groups excluding carboxylic acids is 3. The normalized spacial score (nSPS) is 12.5. The molecule has 39 heavy (non-hydrogen) atoms. The van der Waals surface area contributed by atoms with Crippen molar-refractivity contribution in [2.24, 2.45) is 0 Å². The van der Waals surface area contributed by atoms with E-state index in [1.54, 1.807) is 0 Å². The van der Waals surface area contributed by atoms with Gasteiger partial charge in [-0.15, -0.1) is 0 Å². The number of nitrogens with one attached hydrogen (secondary N) is 1. The van der Waals surface area contributed by atoms with Gasteiger partial charge in [0.05, 0.1) is 34.0 Å². The average Bonchev–Trinajstić information content (AvgIpc) is 3.19. The minimum absolute atomic E-state index is 0.0846. The number of hydrogen-bond acceptors (Lipinski definition) is 6. The molecule has 2 heterocycles. The van der Waals surface area contributed by atoms with Crippen LogP contribution in [0.4, 0.5) is 5.82 Å². The van der Waals surface area contributed by atoms with E-state index in [0.717, 1.165) is 29.9 Å². The van der Waals surface area contributed by atoms with Crippen LogP contribution in [0.3, 0.4) is 0 Å². The molecular weight excluding hydrogens is 518 g/mol. The van der Waals surface area contributed by atoms with Crippen LogP contribution in [0.2, 0.25) is 5.02 Å². The lowest BCUT2D eigenvalue weighted by atomic mass is 10.0. The van der Waals surface area contributed by atoms with E-state index in [1.807, 2.05) is 0 Å². The molecule has 3 N–H and O–H groups in total. The van der Waals surface area contributed by atoms with Gasteiger partial charge < -0.3 is 10.5 Å². The highest BCUT2D eigenvalue weighted by molar-refractivity contribution is 6.32. The van der Waals surface area contributed by atoms with Gasteiger partial charge in [0, 0.05) is 6.07 Å². The molecular formula is C30H40ClN3O5. The van der Waals surface area contributed by atoms with E-state index in [9.17, 15) is 19.2 Å². The number of rotatable bonds is 17. The number of ether oxygens (including phenoxy) is 1. The fraction of sp³-hybridized carbons (Fsp3) is 0.533. The third-order valence-electron chi connectivity index (χ3n) is 7.11. The lowest BCUT2D eigenvalue weighted by Crippen LogP contribution is -2.24. The van der Waals surface area contributed by atoms with E-state index in [0.29, 0.717) is 6.61 Å². The zero-order chi connectivity index (χ0) is 28.2. The number of halogens is 1. The standard InChI is InChI=1S/C30H40ClN3O5/c1-2-3-4-5-6-7-8-9-10-11-12-13-14-15-18-39-30(38)21-16-17-23(31)24(19-21)34-25(35)20-22-26(27(34)32)29(37)33-28(22)36/h16-17,19-20H,2-15,18,32H2,1H3,(H,33,36,37). The van der Waals surface area contributed by atoms with Crippen LogP contribution < -0.4 is 16.6 Å². The van der Waals surface area contributed by atoms with Gasteiger partial charge in [0.15, 0.2) is 0 Å². The van der Waals surface area contributed by atoms with Crippen molar-refractivity contribution in [3.05, 3.63) is 56.3 Å². The Morgan fingerprint density at radius 2 is 1.41 bits per heavy atom. The van der Waals surface area contributed by atoms with Crippen LogP contribution in [0, 0.1) is 0 Å². The number of nitrogens with zero attached hydrogens (tertiary/aromatic N) is 1. The number of nitrogen functional groups attached to an aromatic ring is 1. The fourth-order valence-electron chi connectivity index (χ4n) is 4.88. The number of anilines is 1. The van der Waals surface area contributed by atoms with Crippen LogP contribution in [-0.4, -0.2) is 29.0 Å². The van der Waals surface area contributed by atoms with Gasteiger partial charge in [0.1, 0.15) is 5.82 Å². The molecule has 0 spiro atoms. The Morgan fingerprint density at radius 1 is 0.846 bits per heavy atom. The Kier molecular flexibility index (Phi) is 12.1. The maximum Gasteiger partial charge on any atom is 0.338 e. The van der Waals surface area contributed by atoms with Crippen molar-refractivity contribution in [1.82, 2.24) is 9.88 Å². The number of aromatic nitrogens is 1. The van der Waals surface area contributed by atoms with Crippen molar-refractivity contribution in [3.63, 3.8) is 0 Å². The molecule has 0 saturated carbocycles. The predicted octanol–water partition coefficient (Wildman–Crippen LogP) is 6.59. The quantitative estimate of drug-likeness (QED) is 0.128. The highest BCUT2D eigenvalue weighted by Crippen LogP contribution is 2.27. The average molecular weight is 558 g/mol. The third-order valence-corrected chi connectivity index (χ3v) is 7.43. The molecule has 0 bridgehead atoms. The molecule has 0 radical (unpaired) electrons. The smallest absolute Gasteiger partial charge is 0.338 e. The second kappa shape index (κ2) is 15.5. The number of pyridine rings is 1. The van der Waals surface area contributed by atoms with Gasteiger partial charge in [0.25, 0.3) is 17.4 Å². The van der Waals surface area contributed by atoms with E-state index >= 15 is 0 Å². The van der Waals surface area contributed by atoms with Crippen molar-refractivity contribution in [2.45, 2.75) is 96.8 Å². The van der Waals surface area contributed by atoms with Crippen LogP contribution in [0.1, 0.15) is 128 Å². The summed E-state index contributed by atoms with van der Waals surface area (Å²) in [5.74, 6) is -2.14. The number of amides is 2. The molecule has 1 aromatic carbocycles. The minimum Gasteiger partial charge on any atom is -0.462 e. The number of hydrogen-bond donors (Lipinski definition) is 2. The summed E-state index contributed by atoms with van der Waals surface area (Å²) in [6, 6.07) is 5.39. The molecule has 8 nitrogen and oxygen atoms in total. The third kappa shape index (κ3) is 8.43. The summed E-state index contributed by atoms with van der Waals surface area (Å²) in [6.45, 7) is 2.55. The molecule has 0 fully saturated rings. The largest absolute Gasteiger partial charge is 0.462 e. The molecule has 0 unspecified atom stereocenters. The van der Waals surface area contributed by atoms with Gasteiger partial charge in [-0.05, 0) is 24.6 Å². The van der Waals surface area contributed by atoms with Gasteiger partial charge in [-0.25, -0.2) is 4.79 Å². The Hall–Kier alpha value is -3.13. The topological polar surface area (TPSA) is 120 Å². The first-order valence-electron chi connectivity index (χ1n) is 14.2. The van der Waals surface area contributed by atoms with E-state index < -0.39 is 23.3 Å². The zero-order valence-corrected chi connectivity index (χ0v) is 23.6. The highest BCUT2D eigenvalue weighted by atomic mass is 35.5. The minimum atomic E-state index is -0.693. The number of carbonyl (C=O) groups is 3. The van der Waals surface area contributed by atoms with E-state index in [2.05, 4.69) is 12.2 Å². The summed E-state index contributed by atoms with van der Waals surface area (Å²) in [5.41, 5.74) is 5.59. The van der Waals surface area contributed by atoms with Crippen molar-refractivity contribution in [3.8, 4) is 5.69 Å². The number of nitrogens with two attached hydrogens (primary N) is 1. The van der Waals surface area contributed by atoms with Gasteiger partial charge in [-0.1, -0.05) is 102 Å². The zero-order valence-electron chi connectivity index (χ0n) is 22.9. The molecule has 2 amide bonds. The maximum atomic E-state index is 12.7.